The molecule has 0 saturated carbocycles. The number of unbranched alkanes of at least 4 members (excludes halogenated alkanes) is 1. The lowest BCUT2D eigenvalue weighted by Gasteiger charge is -2.18. The average Bonchev–Trinajstić information content (AvgIpc) is 3.27. The molecule has 1 amide bonds. The molecule has 2 aromatic carbocycles. The van der Waals surface area contributed by atoms with Crippen LogP contribution in [0, 0.1) is 11.3 Å². The zero-order valence-corrected chi connectivity index (χ0v) is 17.3. The molecule has 8 heteroatoms. The standard InChI is InChI=1S/C22H23N3O4S/c23-15-17-7-1-3-9-20(17)29-18-11-14-24(16-18)12-5-6-13-25-22(26)19-8-2-4-10-21(19)30(25,27)28/h1-4,7-10,18H,5-6,11-14,16H2. The first-order valence-electron chi connectivity index (χ1n) is 10.0. The van der Waals surface area contributed by atoms with E-state index in [1.165, 1.54) is 6.07 Å². The third-order valence-corrected chi connectivity index (χ3v) is 7.37. The molecule has 0 bridgehead atoms. The second-order valence-electron chi connectivity index (χ2n) is 7.52. The summed E-state index contributed by atoms with van der Waals surface area (Å²) in [6.07, 6.45) is 2.32. The Bertz CT molecular complexity index is 1090. The van der Waals surface area contributed by atoms with Crippen LogP contribution in [0.4, 0.5) is 0 Å². The molecule has 0 aromatic heterocycles. The van der Waals surface area contributed by atoms with E-state index >= 15 is 0 Å². The summed E-state index contributed by atoms with van der Waals surface area (Å²) in [6.45, 7) is 2.67. The van der Waals surface area contributed by atoms with E-state index in [0.717, 1.165) is 36.8 Å². The Morgan fingerprint density at radius 2 is 1.80 bits per heavy atom. The maximum Gasteiger partial charge on any atom is 0.269 e. The van der Waals surface area contributed by atoms with Crippen LogP contribution in [0.3, 0.4) is 0 Å². The van der Waals surface area contributed by atoms with Crippen molar-refractivity contribution in [3.05, 3.63) is 59.7 Å². The van der Waals surface area contributed by atoms with Gasteiger partial charge in [0.2, 0.25) is 0 Å². The molecule has 1 saturated heterocycles. The van der Waals surface area contributed by atoms with Crippen molar-refractivity contribution in [3.8, 4) is 11.8 Å². The van der Waals surface area contributed by atoms with Gasteiger partial charge in [0.1, 0.15) is 22.8 Å². The second kappa shape index (κ2) is 8.46. The van der Waals surface area contributed by atoms with Crippen LogP contribution in [0.5, 0.6) is 5.75 Å². The molecule has 2 heterocycles. The smallest absolute Gasteiger partial charge is 0.269 e. The van der Waals surface area contributed by atoms with Crippen molar-refractivity contribution >= 4 is 15.9 Å². The van der Waals surface area contributed by atoms with Crippen molar-refractivity contribution in [2.75, 3.05) is 26.2 Å². The van der Waals surface area contributed by atoms with Gasteiger partial charge in [-0.25, -0.2) is 12.7 Å². The number of benzene rings is 2. The maximum atomic E-state index is 12.6. The van der Waals surface area contributed by atoms with Gasteiger partial charge in [0.05, 0.1) is 11.1 Å². The normalized spacial score (nSPS) is 20.2. The molecule has 1 atom stereocenters. The molecule has 0 N–H and O–H groups in total. The SMILES string of the molecule is N#Cc1ccccc1OC1CCN(CCCCN2C(=O)c3ccccc3S2(=O)=O)C1. The summed E-state index contributed by atoms with van der Waals surface area (Å²) in [5.74, 6) is 0.181. The Hall–Kier alpha value is -2.89. The highest BCUT2D eigenvalue weighted by Gasteiger charge is 2.40. The lowest BCUT2D eigenvalue weighted by Crippen LogP contribution is -2.32. The van der Waals surface area contributed by atoms with Crippen molar-refractivity contribution in [1.82, 2.24) is 9.21 Å². The number of nitriles is 1. The summed E-state index contributed by atoms with van der Waals surface area (Å²) in [5.41, 5.74) is 0.795. The minimum atomic E-state index is -3.72. The Morgan fingerprint density at radius 3 is 2.60 bits per heavy atom. The number of hydrogen-bond acceptors (Lipinski definition) is 6. The summed E-state index contributed by atoms with van der Waals surface area (Å²) in [7, 11) is -3.72. The van der Waals surface area contributed by atoms with E-state index in [-0.39, 0.29) is 23.1 Å². The highest BCUT2D eigenvalue weighted by atomic mass is 32.2. The number of hydrogen-bond donors (Lipinski definition) is 0. The van der Waals surface area contributed by atoms with Gasteiger partial charge in [0, 0.05) is 19.6 Å². The highest BCUT2D eigenvalue weighted by molar-refractivity contribution is 7.90. The van der Waals surface area contributed by atoms with Gasteiger partial charge in [0.25, 0.3) is 15.9 Å². The predicted molar refractivity (Wildman–Crippen MR) is 111 cm³/mol. The quantitative estimate of drug-likeness (QED) is 0.634. The number of fused-ring (bicyclic) bond motifs is 1. The number of amides is 1. The largest absolute Gasteiger partial charge is 0.488 e. The molecule has 2 aliphatic rings. The van der Waals surface area contributed by atoms with Crippen molar-refractivity contribution in [3.63, 3.8) is 0 Å². The summed E-state index contributed by atoms with van der Waals surface area (Å²) >= 11 is 0. The molecular weight excluding hydrogens is 402 g/mol. The first kappa shape index (κ1) is 20.4. The van der Waals surface area contributed by atoms with Crippen LogP contribution in [0.15, 0.2) is 53.4 Å². The second-order valence-corrected chi connectivity index (χ2v) is 9.35. The number of carbonyl (C=O) groups excluding carboxylic acids is 1. The van der Waals surface area contributed by atoms with Gasteiger partial charge < -0.3 is 4.74 Å². The minimum absolute atomic E-state index is 0.0366. The molecular formula is C22H23N3O4S. The average molecular weight is 426 g/mol. The van der Waals surface area contributed by atoms with Crippen LogP contribution in [0.25, 0.3) is 0 Å². The lowest BCUT2D eigenvalue weighted by atomic mass is 10.2. The number of nitrogens with zero attached hydrogens (tertiary/aromatic N) is 3. The van der Waals surface area contributed by atoms with Gasteiger partial charge in [-0.1, -0.05) is 24.3 Å². The van der Waals surface area contributed by atoms with Crippen LogP contribution >= 0.6 is 0 Å². The van der Waals surface area contributed by atoms with Gasteiger partial charge >= 0.3 is 0 Å². The third kappa shape index (κ3) is 3.91. The van der Waals surface area contributed by atoms with E-state index in [4.69, 9.17) is 4.74 Å². The fourth-order valence-corrected chi connectivity index (χ4v) is 5.59. The molecule has 7 nitrogen and oxygen atoms in total. The van der Waals surface area contributed by atoms with Crippen molar-refractivity contribution < 1.29 is 17.9 Å². The van der Waals surface area contributed by atoms with Gasteiger partial charge in [-0.2, -0.15) is 5.26 Å². The Labute approximate surface area is 176 Å². The van der Waals surface area contributed by atoms with Crippen LogP contribution < -0.4 is 4.74 Å². The number of carbonyl (C=O) groups is 1. The minimum Gasteiger partial charge on any atom is -0.488 e. The van der Waals surface area contributed by atoms with Crippen LogP contribution in [-0.4, -0.2) is 55.8 Å². The fourth-order valence-electron chi connectivity index (χ4n) is 3.98. The van der Waals surface area contributed by atoms with E-state index in [2.05, 4.69) is 11.0 Å². The first-order chi connectivity index (χ1) is 14.5. The summed E-state index contributed by atoms with van der Waals surface area (Å²) < 4.78 is 32.1. The fraction of sp³-hybridized carbons (Fsp3) is 0.364. The summed E-state index contributed by atoms with van der Waals surface area (Å²) in [5, 5.41) is 9.18. The number of likely N-dealkylation sites (tertiary alicyclic amines) is 1. The van der Waals surface area contributed by atoms with Crippen molar-refractivity contribution in [2.45, 2.75) is 30.3 Å². The Kier molecular flexibility index (Phi) is 5.75. The summed E-state index contributed by atoms with van der Waals surface area (Å²) in [6, 6.07) is 15.7. The van der Waals surface area contributed by atoms with E-state index in [1.54, 1.807) is 24.3 Å². The molecule has 2 aliphatic heterocycles. The third-order valence-electron chi connectivity index (χ3n) is 5.53. The van der Waals surface area contributed by atoms with Crippen molar-refractivity contribution in [1.29, 1.82) is 5.26 Å². The Balaban J connectivity index is 1.24. The Morgan fingerprint density at radius 1 is 1.07 bits per heavy atom. The van der Waals surface area contributed by atoms with E-state index in [0.29, 0.717) is 17.7 Å². The van der Waals surface area contributed by atoms with Gasteiger partial charge in [-0.05, 0) is 50.1 Å². The number of ether oxygens (including phenoxy) is 1. The number of para-hydroxylation sites is 1. The van der Waals surface area contributed by atoms with Crippen LogP contribution in [0.1, 0.15) is 35.2 Å². The molecule has 1 fully saturated rings. The summed E-state index contributed by atoms with van der Waals surface area (Å²) in [4.78, 5) is 14.8. The molecule has 30 heavy (non-hydrogen) atoms. The van der Waals surface area contributed by atoms with E-state index in [9.17, 15) is 18.5 Å². The molecule has 0 radical (unpaired) electrons. The number of rotatable bonds is 7. The molecule has 4 rings (SSSR count). The molecule has 1 unspecified atom stereocenters. The zero-order chi connectivity index (χ0) is 21.1. The van der Waals surface area contributed by atoms with Gasteiger partial charge in [0.15, 0.2) is 0 Å². The van der Waals surface area contributed by atoms with E-state index in [1.807, 2.05) is 18.2 Å². The first-order valence-corrected chi connectivity index (χ1v) is 11.5. The predicted octanol–water partition coefficient (Wildman–Crippen LogP) is 2.64. The lowest BCUT2D eigenvalue weighted by molar-refractivity contribution is 0.0869. The molecule has 0 aliphatic carbocycles. The number of sulfonamides is 1. The topological polar surface area (TPSA) is 90.7 Å². The van der Waals surface area contributed by atoms with E-state index < -0.39 is 15.9 Å². The molecule has 0 spiro atoms. The monoisotopic (exact) mass is 425 g/mol. The molecule has 2 aromatic rings. The molecule has 156 valence electrons. The maximum absolute atomic E-state index is 12.6. The van der Waals surface area contributed by atoms with Crippen molar-refractivity contribution in [2.24, 2.45) is 0 Å². The van der Waals surface area contributed by atoms with Gasteiger partial charge in [-0.3, -0.25) is 9.69 Å². The van der Waals surface area contributed by atoms with Gasteiger partial charge in [-0.15, -0.1) is 0 Å². The van der Waals surface area contributed by atoms with Crippen LogP contribution in [0.2, 0.25) is 0 Å². The van der Waals surface area contributed by atoms with Crippen LogP contribution in [-0.2, 0) is 10.0 Å². The highest BCUT2D eigenvalue weighted by Crippen LogP contribution is 2.30. The zero-order valence-electron chi connectivity index (χ0n) is 16.5.